The molecule has 2 aromatic rings. The fourth-order valence-corrected chi connectivity index (χ4v) is 2.18. The molecule has 1 amide bonds. The maximum absolute atomic E-state index is 12.1. The molecule has 2 rings (SSSR count). The van der Waals surface area contributed by atoms with Crippen molar-refractivity contribution in [3.05, 3.63) is 53.6 Å². The number of aromatic hydroxyl groups is 1. The highest BCUT2D eigenvalue weighted by Gasteiger charge is 2.08. The second-order valence-electron chi connectivity index (χ2n) is 5.89. The molecule has 0 aliphatic rings. The van der Waals surface area contributed by atoms with Crippen LogP contribution in [0.5, 0.6) is 17.2 Å². The number of benzene rings is 2. The first-order valence-corrected chi connectivity index (χ1v) is 8.22. The summed E-state index contributed by atoms with van der Waals surface area (Å²) in [7, 11) is 0. The Kier molecular flexibility index (Phi) is 8.41. The highest BCUT2D eigenvalue weighted by atomic mass is 35.5. The van der Waals surface area contributed by atoms with Crippen molar-refractivity contribution in [1.29, 1.82) is 5.41 Å². The van der Waals surface area contributed by atoms with Gasteiger partial charge in [-0.1, -0.05) is 0 Å². The molecule has 2 aromatic carbocycles. The molecule has 0 aromatic heterocycles. The zero-order valence-electron chi connectivity index (χ0n) is 15.2. The summed E-state index contributed by atoms with van der Waals surface area (Å²) in [6.07, 6.45) is 0.0738. The van der Waals surface area contributed by atoms with Crippen LogP contribution in [0.2, 0.25) is 0 Å². The van der Waals surface area contributed by atoms with Crippen molar-refractivity contribution in [2.75, 3.05) is 13.2 Å². The Morgan fingerprint density at radius 3 is 2.41 bits per heavy atom. The van der Waals surface area contributed by atoms with Crippen molar-refractivity contribution >= 4 is 24.1 Å². The third kappa shape index (κ3) is 6.71. The number of amidine groups is 1. The second kappa shape index (κ2) is 10.3. The Morgan fingerprint density at radius 1 is 1.19 bits per heavy atom. The number of carbonyl (C=O) groups excluding carboxylic acids is 1. The van der Waals surface area contributed by atoms with Crippen LogP contribution in [0.3, 0.4) is 0 Å². The maximum Gasteiger partial charge on any atom is 0.251 e. The van der Waals surface area contributed by atoms with E-state index in [4.69, 9.17) is 20.6 Å². The van der Waals surface area contributed by atoms with Gasteiger partial charge < -0.3 is 25.6 Å². The summed E-state index contributed by atoms with van der Waals surface area (Å²) in [5, 5.41) is 19.9. The Balaban J connectivity index is 0.00000364. The van der Waals surface area contributed by atoms with Crippen molar-refractivity contribution in [3.63, 3.8) is 0 Å². The molecule has 7 nitrogen and oxygen atoms in total. The lowest BCUT2D eigenvalue weighted by Gasteiger charge is -2.11. The Bertz CT molecular complexity index is 779. The van der Waals surface area contributed by atoms with Crippen molar-refractivity contribution in [2.24, 2.45) is 5.73 Å². The van der Waals surface area contributed by atoms with Crippen LogP contribution in [0.1, 0.15) is 29.8 Å². The van der Waals surface area contributed by atoms with Crippen LogP contribution in [0, 0.1) is 5.41 Å². The van der Waals surface area contributed by atoms with Crippen LogP contribution in [0.4, 0.5) is 0 Å². The zero-order valence-corrected chi connectivity index (χ0v) is 16.0. The number of ether oxygens (including phenoxy) is 2. The lowest BCUT2D eigenvalue weighted by atomic mass is 10.2. The van der Waals surface area contributed by atoms with Crippen molar-refractivity contribution in [1.82, 2.24) is 5.32 Å². The fourth-order valence-electron chi connectivity index (χ4n) is 2.18. The van der Waals surface area contributed by atoms with Crippen molar-refractivity contribution < 1.29 is 19.4 Å². The molecule has 8 heteroatoms. The van der Waals surface area contributed by atoms with Gasteiger partial charge in [0.2, 0.25) is 0 Å². The van der Waals surface area contributed by atoms with E-state index < -0.39 is 0 Å². The summed E-state index contributed by atoms with van der Waals surface area (Å²) in [6, 6.07) is 11.3. The van der Waals surface area contributed by atoms with Gasteiger partial charge >= 0.3 is 0 Å². The molecule has 0 fully saturated rings. The molecule has 0 spiro atoms. The molecule has 0 radical (unpaired) electrons. The van der Waals surface area contributed by atoms with Gasteiger partial charge in [-0.15, -0.1) is 12.4 Å². The van der Waals surface area contributed by atoms with Gasteiger partial charge in [0.15, 0.2) is 11.5 Å². The van der Waals surface area contributed by atoms with Crippen LogP contribution in [0.25, 0.3) is 0 Å². The number of rotatable bonds is 8. The van der Waals surface area contributed by atoms with E-state index in [9.17, 15) is 9.90 Å². The predicted octanol–water partition coefficient (Wildman–Crippen LogP) is 2.69. The van der Waals surface area contributed by atoms with E-state index in [-0.39, 0.29) is 54.9 Å². The number of halogens is 1. The molecule has 0 atom stereocenters. The summed E-state index contributed by atoms with van der Waals surface area (Å²) >= 11 is 0. The number of carbonyl (C=O) groups is 1. The number of hydrogen-bond acceptors (Lipinski definition) is 5. The van der Waals surface area contributed by atoms with E-state index in [1.165, 1.54) is 18.2 Å². The minimum Gasteiger partial charge on any atom is -0.504 e. The van der Waals surface area contributed by atoms with E-state index in [0.717, 1.165) is 0 Å². The minimum absolute atomic E-state index is 0. The monoisotopic (exact) mass is 393 g/mol. The molecule has 0 unspecified atom stereocenters. The molecule has 27 heavy (non-hydrogen) atoms. The smallest absolute Gasteiger partial charge is 0.251 e. The topological polar surface area (TPSA) is 118 Å². The largest absolute Gasteiger partial charge is 0.504 e. The first-order chi connectivity index (χ1) is 12.4. The van der Waals surface area contributed by atoms with E-state index in [1.54, 1.807) is 24.3 Å². The van der Waals surface area contributed by atoms with E-state index in [0.29, 0.717) is 16.9 Å². The van der Waals surface area contributed by atoms with Crippen LogP contribution in [0.15, 0.2) is 42.5 Å². The van der Waals surface area contributed by atoms with Gasteiger partial charge in [-0.25, -0.2) is 0 Å². The number of amides is 1. The van der Waals surface area contributed by atoms with E-state index in [2.05, 4.69) is 5.32 Å². The Morgan fingerprint density at radius 2 is 1.81 bits per heavy atom. The number of nitrogen functional groups attached to an aromatic ring is 1. The number of nitrogens with two attached hydrogens (primary N) is 1. The molecular formula is C19H24ClN3O4. The first-order valence-electron chi connectivity index (χ1n) is 8.22. The van der Waals surface area contributed by atoms with Gasteiger partial charge in [-0.2, -0.15) is 0 Å². The standard InChI is InChI=1S/C19H23N3O4.ClH/c1-12(2)26-15-6-3-13(4-7-15)19(24)22-9-10-25-17-11-14(18(20)21)5-8-16(17)23;/h3-8,11-12,23H,9-10H2,1-2H3,(H3,20,21)(H,22,24);1H. The maximum atomic E-state index is 12.1. The lowest BCUT2D eigenvalue weighted by molar-refractivity contribution is 0.0947. The Hall–Kier alpha value is -2.93. The first kappa shape index (κ1) is 22.1. The van der Waals surface area contributed by atoms with Crippen molar-refractivity contribution in [3.8, 4) is 17.2 Å². The predicted molar refractivity (Wildman–Crippen MR) is 106 cm³/mol. The van der Waals surface area contributed by atoms with Gasteiger partial charge in [-0.05, 0) is 56.3 Å². The normalized spacial score (nSPS) is 10.0. The number of phenols is 1. The highest BCUT2D eigenvalue weighted by molar-refractivity contribution is 5.95. The molecular weight excluding hydrogens is 370 g/mol. The Labute approximate surface area is 164 Å². The molecule has 0 aliphatic heterocycles. The third-order valence-corrected chi connectivity index (χ3v) is 3.40. The molecule has 0 saturated heterocycles. The molecule has 146 valence electrons. The zero-order chi connectivity index (χ0) is 19.1. The summed E-state index contributed by atoms with van der Waals surface area (Å²) < 4.78 is 11.0. The second-order valence-corrected chi connectivity index (χ2v) is 5.89. The van der Waals surface area contributed by atoms with Crippen molar-refractivity contribution in [2.45, 2.75) is 20.0 Å². The molecule has 0 aliphatic carbocycles. The van der Waals surface area contributed by atoms with Gasteiger partial charge in [-0.3, -0.25) is 10.2 Å². The molecule has 0 heterocycles. The highest BCUT2D eigenvalue weighted by Crippen LogP contribution is 2.26. The van der Waals surface area contributed by atoms with Gasteiger partial charge in [0, 0.05) is 11.1 Å². The van der Waals surface area contributed by atoms with Crippen LogP contribution < -0.4 is 20.5 Å². The molecule has 0 bridgehead atoms. The quantitative estimate of drug-likeness (QED) is 0.312. The number of hydrogen-bond donors (Lipinski definition) is 4. The van der Waals surface area contributed by atoms with Crippen LogP contribution in [-0.2, 0) is 0 Å². The average molecular weight is 394 g/mol. The summed E-state index contributed by atoms with van der Waals surface area (Å²) in [5.74, 6) is 0.518. The average Bonchev–Trinajstić information content (AvgIpc) is 2.59. The van der Waals surface area contributed by atoms with Gasteiger partial charge in [0.1, 0.15) is 18.2 Å². The number of nitrogens with one attached hydrogen (secondary N) is 2. The van der Waals surface area contributed by atoms with Gasteiger partial charge in [0.25, 0.3) is 5.91 Å². The number of phenolic OH excluding ortho intramolecular Hbond substituents is 1. The van der Waals surface area contributed by atoms with E-state index in [1.807, 2.05) is 13.8 Å². The third-order valence-electron chi connectivity index (χ3n) is 3.40. The summed E-state index contributed by atoms with van der Waals surface area (Å²) in [6.45, 7) is 4.29. The summed E-state index contributed by atoms with van der Waals surface area (Å²) in [5.41, 5.74) is 6.37. The lowest BCUT2D eigenvalue weighted by Crippen LogP contribution is -2.28. The van der Waals surface area contributed by atoms with Crippen LogP contribution in [-0.4, -0.2) is 36.1 Å². The fraction of sp³-hybridized carbons (Fsp3) is 0.263. The molecule has 0 saturated carbocycles. The van der Waals surface area contributed by atoms with Gasteiger partial charge in [0.05, 0.1) is 12.6 Å². The molecule has 5 N–H and O–H groups in total. The minimum atomic E-state index is -0.230. The van der Waals surface area contributed by atoms with Crippen LogP contribution >= 0.6 is 12.4 Å². The van der Waals surface area contributed by atoms with E-state index >= 15 is 0 Å². The summed E-state index contributed by atoms with van der Waals surface area (Å²) in [4.78, 5) is 12.1. The SMILES string of the molecule is CC(C)Oc1ccc(C(=O)NCCOc2cc(C(=N)N)ccc2O)cc1.Cl.